The Kier molecular flexibility index (Phi) is 5.23. The predicted octanol–water partition coefficient (Wildman–Crippen LogP) is 4.80. The molecule has 3 heterocycles. The molecular formula is C21H16N4O3S2. The van der Waals surface area contributed by atoms with E-state index in [-0.39, 0.29) is 11.6 Å². The first kappa shape index (κ1) is 20.0. The predicted molar refractivity (Wildman–Crippen MR) is 122 cm³/mol. The van der Waals surface area contributed by atoms with E-state index in [2.05, 4.69) is 9.55 Å². The fourth-order valence-electron chi connectivity index (χ4n) is 3.37. The van der Waals surface area contributed by atoms with E-state index in [1.54, 1.807) is 12.4 Å². The number of carbonyl (C=O) groups excluding carboxylic acids is 1. The summed E-state index contributed by atoms with van der Waals surface area (Å²) in [4.78, 5) is 29.5. The van der Waals surface area contributed by atoms with Crippen LogP contribution >= 0.6 is 24.0 Å². The molecule has 4 rings (SSSR count). The van der Waals surface area contributed by atoms with Crippen LogP contribution in [0.15, 0.2) is 59.8 Å². The number of nitro benzene ring substituents is 1. The third-order valence-electron chi connectivity index (χ3n) is 4.77. The lowest BCUT2D eigenvalue weighted by Crippen LogP contribution is -2.27. The summed E-state index contributed by atoms with van der Waals surface area (Å²) in [7, 11) is 0. The van der Waals surface area contributed by atoms with E-state index in [1.807, 2.05) is 38.1 Å². The molecule has 0 saturated carbocycles. The number of thioether (sulfide) groups is 1. The van der Waals surface area contributed by atoms with Crippen molar-refractivity contribution in [1.82, 2.24) is 9.55 Å². The summed E-state index contributed by atoms with van der Waals surface area (Å²) in [5.41, 5.74) is 4.35. The molecule has 2 aromatic heterocycles. The summed E-state index contributed by atoms with van der Waals surface area (Å²) >= 11 is 6.61. The molecule has 1 saturated heterocycles. The molecule has 0 aliphatic carbocycles. The summed E-state index contributed by atoms with van der Waals surface area (Å²) in [6.45, 7) is 3.99. The standard InChI is InChI=1S/C21H16N4O3S2/c1-13-10-15(14(2)23(13)18-4-3-9-22-12-18)11-19-20(26)24(21(29)30-19)16-5-7-17(8-6-16)25(27)28/h3-12H,1-2H3/b19-11-. The van der Waals surface area contributed by atoms with Gasteiger partial charge in [-0.05, 0) is 55.8 Å². The molecule has 1 aromatic carbocycles. The quantitative estimate of drug-likeness (QED) is 0.253. The molecule has 1 aliphatic rings. The second-order valence-corrected chi connectivity index (χ2v) is 8.34. The summed E-state index contributed by atoms with van der Waals surface area (Å²) in [6.07, 6.45) is 5.35. The average molecular weight is 437 g/mol. The van der Waals surface area contributed by atoms with Crippen molar-refractivity contribution in [2.75, 3.05) is 4.90 Å². The van der Waals surface area contributed by atoms with Crippen LogP contribution in [0.1, 0.15) is 17.0 Å². The minimum Gasteiger partial charge on any atom is -0.316 e. The number of hydrogen-bond acceptors (Lipinski definition) is 6. The van der Waals surface area contributed by atoms with Gasteiger partial charge in [-0.3, -0.25) is 24.8 Å². The molecule has 0 radical (unpaired) electrons. The van der Waals surface area contributed by atoms with Gasteiger partial charge in [0.2, 0.25) is 0 Å². The van der Waals surface area contributed by atoms with Crippen LogP contribution in [0.5, 0.6) is 0 Å². The third-order valence-corrected chi connectivity index (χ3v) is 6.08. The number of benzene rings is 1. The molecule has 1 fully saturated rings. The lowest BCUT2D eigenvalue weighted by atomic mass is 10.2. The molecule has 1 aliphatic heterocycles. The van der Waals surface area contributed by atoms with Crippen LogP contribution in [0.25, 0.3) is 11.8 Å². The Morgan fingerprint density at radius 2 is 1.90 bits per heavy atom. The minimum atomic E-state index is -0.480. The summed E-state index contributed by atoms with van der Waals surface area (Å²) < 4.78 is 2.47. The fourth-order valence-corrected chi connectivity index (χ4v) is 4.66. The number of non-ortho nitro benzene ring substituents is 1. The monoisotopic (exact) mass is 436 g/mol. The molecule has 3 aromatic rings. The molecular weight excluding hydrogens is 420 g/mol. The second-order valence-electron chi connectivity index (χ2n) is 6.66. The Bertz CT molecular complexity index is 1200. The zero-order valence-corrected chi connectivity index (χ0v) is 17.7. The number of aryl methyl sites for hydroxylation is 1. The highest BCUT2D eigenvalue weighted by Gasteiger charge is 2.33. The van der Waals surface area contributed by atoms with Crippen molar-refractivity contribution in [2.45, 2.75) is 13.8 Å². The number of thiocarbonyl (C=S) groups is 1. The van der Waals surface area contributed by atoms with Crippen LogP contribution in [-0.2, 0) is 4.79 Å². The zero-order chi connectivity index (χ0) is 21.4. The highest BCUT2D eigenvalue weighted by molar-refractivity contribution is 8.27. The van der Waals surface area contributed by atoms with Gasteiger partial charge in [0.05, 0.1) is 27.4 Å². The Balaban J connectivity index is 1.67. The molecule has 150 valence electrons. The van der Waals surface area contributed by atoms with Crippen LogP contribution in [0.4, 0.5) is 11.4 Å². The molecule has 0 unspecified atom stereocenters. The highest BCUT2D eigenvalue weighted by atomic mass is 32.2. The van der Waals surface area contributed by atoms with Crippen LogP contribution in [0, 0.1) is 24.0 Å². The molecule has 30 heavy (non-hydrogen) atoms. The van der Waals surface area contributed by atoms with Gasteiger partial charge in [0, 0.05) is 29.7 Å². The second kappa shape index (κ2) is 7.85. The zero-order valence-electron chi connectivity index (χ0n) is 16.1. The topological polar surface area (TPSA) is 81.3 Å². The molecule has 0 N–H and O–H groups in total. The normalized spacial score (nSPS) is 15.3. The number of hydrogen-bond donors (Lipinski definition) is 0. The summed E-state index contributed by atoms with van der Waals surface area (Å²) in [6, 6.07) is 11.6. The molecule has 1 amide bonds. The van der Waals surface area contributed by atoms with E-state index in [0.29, 0.717) is 14.9 Å². The van der Waals surface area contributed by atoms with E-state index < -0.39 is 4.92 Å². The maximum atomic E-state index is 13.0. The fraction of sp³-hybridized carbons (Fsp3) is 0.0952. The van der Waals surface area contributed by atoms with Crippen molar-refractivity contribution in [3.8, 4) is 5.69 Å². The summed E-state index contributed by atoms with van der Waals surface area (Å²) in [5.74, 6) is -0.245. The number of anilines is 1. The Labute approximate surface area is 182 Å². The van der Waals surface area contributed by atoms with Gasteiger partial charge in [0.15, 0.2) is 4.32 Å². The molecule has 7 nitrogen and oxygen atoms in total. The SMILES string of the molecule is Cc1cc(/C=C2\SC(=S)N(c3ccc([N+](=O)[O-])cc3)C2=O)c(C)n1-c1cccnc1. The smallest absolute Gasteiger partial charge is 0.270 e. The van der Waals surface area contributed by atoms with Gasteiger partial charge in [0.1, 0.15) is 0 Å². The largest absolute Gasteiger partial charge is 0.316 e. The van der Waals surface area contributed by atoms with E-state index in [9.17, 15) is 14.9 Å². The van der Waals surface area contributed by atoms with Gasteiger partial charge in [-0.25, -0.2) is 0 Å². The Hall–Kier alpha value is -3.30. The van der Waals surface area contributed by atoms with Gasteiger partial charge in [-0.1, -0.05) is 24.0 Å². The molecule has 0 bridgehead atoms. The van der Waals surface area contributed by atoms with Crippen molar-refractivity contribution in [3.05, 3.63) is 86.8 Å². The number of aromatic nitrogens is 2. The van der Waals surface area contributed by atoms with Gasteiger partial charge >= 0.3 is 0 Å². The van der Waals surface area contributed by atoms with Crippen molar-refractivity contribution in [3.63, 3.8) is 0 Å². The lowest BCUT2D eigenvalue weighted by Gasteiger charge is -2.13. The van der Waals surface area contributed by atoms with Gasteiger partial charge in [-0.15, -0.1) is 0 Å². The number of carbonyl (C=O) groups is 1. The first-order valence-electron chi connectivity index (χ1n) is 8.98. The van der Waals surface area contributed by atoms with Crippen molar-refractivity contribution in [1.29, 1.82) is 0 Å². The number of amides is 1. The number of rotatable bonds is 4. The van der Waals surface area contributed by atoms with Crippen LogP contribution in [0.2, 0.25) is 0 Å². The lowest BCUT2D eigenvalue weighted by molar-refractivity contribution is -0.384. The van der Waals surface area contributed by atoms with Gasteiger partial charge in [-0.2, -0.15) is 0 Å². The Morgan fingerprint density at radius 3 is 2.53 bits per heavy atom. The van der Waals surface area contributed by atoms with Crippen LogP contribution < -0.4 is 4.90 Å². The number of nitrogens with zero attached hydrogens (tertiary/aromatic N) is 4. The number of nitro groups is 1. The molecule has 9 heteroatoms. The van der Waals surface area contributed by atoms with Gasteiger partial charge in [0.25, 0.3) is 11.6 Å². The number of pyridine rings is 1. The van der Waals surface area contributed by atoms with E-state index >= 15 is 0 Å². The minimum absolute atomic E-state index is 0.0393. The van der Waals surface area contributed by atoms with Crippen molar-refractivity contribution in [2.24, 2.45) is 0 Å². The molecule has 0 spiro atoms. The highest BCUT2D eigenvalue weighted by Crippen LogP contribution is 2.37. The maximum absolute atomic E-state index is 13.0. The van der Waals surface area contributed by atoms with E-state index in [0.717, 1.165) is 22.6 Å². The summed E-state index contributed by atoms with van der Waals surface area (Å²) in [5, 5.41) is 10.9. The average Bonchev–Trinajstić information content (AvgIpc) is 3.17. The third kappa shape index (κ3) is 3.53. The van der Waals surface area contributed by atoms with Crippen LogP contribution in [-0.4, -0.2) is 24.7 Å². The first-order valence-corrected chi connectivity index (χ1v) is 10.2. The Morgan fingerprint density at radius 1 is 1.17 bits per heavy atom. The van der Waals surface area contributed by atoms with Crippen molar-refractivity contribution >= 4 is 51.7 Å². The van der Waals surface area contributed by atoms with E-state index in [1.165, 1.54) is 40.9 Å². The maximum Gasteiger partial charge on any atom is 0.270 e. The van der Waals surface area contributed by atoms with Gasteiger partial charge < -0.3 is 4.57 Å². The first-order chi connectivity index (χ1) is 14.4. The molecule has 0 atom stereocenters. The van der Waals surface area contributed by atoms with Crippen LogP contribution in [0.3, 0.4) is 0 Å². The van der Waals surface area contributed by atoms with E-state index in [4.69, 9.17) is 12.2 Å². The van der Waals surface area contributed by atoms with Crippen molar-refractivity contribution < 1.29 is 9.72 Å².